The molecule has 3 aliphatic rings. The second-order valence-electron chi connectivity index (χ2n) is 17.1. The van der Waals surface area contributed by atoms with Crippen LogP contribution in [0.25, 0.3) is 0 Å². The van der Waals surface area contributed by atoms with Crippen LogP contribution < -0.4 is 9.47 Å². The molecular weight excluding hydrogens is 791 g/mol. The number of benzene rings is 4. The number of carbonyl (C=O) groups is 1. The Hall–Kier alpha value is -5.73. The zero-order valence-corrected chi connectivity index (χ0v) is 36.9. The first-order valence-electron chi connectivity index (χ1n) is 22.6. The smallest absolute Gasteiger partial charge is 0.254 e. The number of carbonyl (C=O) groups excluding carboxylic acids is 1. The highest BCUT2D eigenvalue weighted by Crippen LogP contribution is 2.62. The summed E-state index contributed by atoms with van der Waals surface area (Å²) in [4.78, 5) is 23.1. The van der Waals surface area contributed by atoms with Crippen molar-refractivity contribution in [2.24, 2.45) is 22.9 Å². The molecule has 10 heteroatoms. The van der Waals surface area contributed by atoms with Gasteiger partial charge in [-0.2, -0.15) is 5.26 Å². The number of nitriles is 1. The molecule has 1 aliphatic heterocycles. The lowest BCUT2D eigenvalue weighted by Crippen LogP contribution is -2.70. The summed E-state index contributed by atoms with van der Waals surface area (Å²) >= 11 is 0. The van der Waals surface area contributed by atoms with Crippen molar-refractivity contribution in [2.75, 3.05) is 26.4 Å². The van der Waals surface area contributed by atoms with E-state index in [0.717, 1.165) is 59.4 Å². The van der Waals surface area contributed by atoms with E-state index in [9.17, 15) is 20.3 Å². The summed E-state index contributed by atoms with van der Waals surface area (Å²) in [5.41, 5.74) is 6.90. The molecule has 10 nitrogen and oxygen atoms in total. The van der Waals surface area contributed by atoms with Gasteiger partial charge in [0.2, 0.25) is 5.79 Å². The van der Waals surface area contributed by atoms with E-state index in [1.54, 1.807) is 30.3 Å². The number of aryl methyl sites for hydroxylation is 2. The molecule has 4 aromatic carbocycles. The molecule has 0 aromatic heterocycles. The summed E-state index contributed by atoms with van der Waals surface area (Å²) in [5.74, 6) is -0.0303. The molecule has 0 spiro atoms. The molecule has 1 fully saturated rings. The number of hydrogen-bond acceptors (Lipinski definition) is 9. The zero-order chi connectivity index (χ0) is 44.3. The normalized spacial score (nSPS) is 22.8. The van der Waals surface area contributed by atoms with Gasteiger partial charge in [0.25, 0.3) is 5.91 Å². The van der Waals surface area contributed by atoms with E-state index in [0.29, 0.717) is 48.4 Å². The van der Waals surface area contributed by atoms with E-state index >= 15 is 0 Å². The SMILES string of the molecule is C=CCO[C@@]12Oc3ccc(Oc4ccc(C)c(C)c4)cc3[C@H]3[C@H](CCCCO)[C@@H](CCCCO)C=C(C(=NOCc4ccccc4)C[C@@H]1N(CCC)C(=O)c1ccc(C#N)cc1)[C@H]32. The van der Waals surface area contributed by atoms with Crippen LogP contribution in [-0.4, -0.2) is 64.9 Å². The number of nitrogens with zero attached hydrogens (tertiary/aromatic N) is 3. The molecule has 7 rings (SSSR count). The third-order valence-electron chi connectivity index (χ3n) is 13.0. The Bertz CT molecular complexity index is 2300. The minimum Gasteiger partial charge on any atom is -0.459 e. The summed E-state index contributed by atoms with van der Waals surface area (Å²) in [6, 6.07) is 30.3. The second-order valence-corrected chi connectivity index (χ2v) is 17.1. The maximum Gasteiger partial charge on any atom is 0.254 e. The Balaban J connectivity index is 1.45. The highest BCUT2D eigenvalue weighted by molar-refractivity contribution is 6.03. The molecule has 0 saturated heterocycles. The lowest BCUT2D eigenvalue weighted by atomic mass is 9.55. The van der Waals surface area contributed by atoms with Crippen LogP contribution in [0, 0.1) is 42.9 Å². The van der Waals surface area contributed by atoms with Crippen molar-refractivity contribution in [3.63, 3.8) is 0 Å². The fraction of sp³-hybridized carbons (Fsp3) is 0.415. The van der Waals surface area contributed by atoms with E-state index in [-0.39, 0.29) is 56.5 Å². The highest BCUT2D eigenvalue weighted by Gasteiger charge is 2.65. The Labute approximate surface area is 372 Å². The predicted octanol–water partition coefficient (Wildman–Crippen LogP) is 10.4. The maximum absolute atomic E-state index is 15.0. The van der Waals surface area contributed by atoms with Crippen LogP contribution in [0.4, 0.5) is 0 Å². The van der Waals surface area contributed by atoms with Gasteiger partial charge in [-0.3, -0.25) is 4.79 Å². The summed E-state index contributed by atoms with van der Waals surface area (Å²) in [6.45, 7) is 11.3. The maximum atomic E-state index is 15.0. The van der Waals surface area contributed by atoms with Crippen LogP contribution in [0.15, 0.2) is 120 Å². The molecule has 0 bridgehead atoms. The summed E-state index contributed by atoms with van der Waals surface area (Å²) in [6.07, 6.45) is 9.67. The van der Waals surface area contributed by atoms with E-state index in [4.69, 9.17) is 24.2 Å². The first-order valence-corrected chi connectivity index (χ1v) is 22.6. The topological polar surface area (TPSA) is 134 Å². The van der Waals surface area contributed by atoms with Crippen LogP contribution in [-0.2, 0) is 16.2 Å². The lowest BCUT2D eigenvalue weighted by molar-refractivity contribution is -0.254. The van der Waals surface area contributed by atoms with E-state index in [1.165, 1.54) is 5.56 Å². The third kappa shape index (κ3) is 9.92. The fourth-order valence-electron chi connectivity index (χ4n) is 9.88. The van der Waals surface area contributed by atoms with Gasteiger partial charge >= 0.3 is 0 Å². The standard InChI is InChI=1S/C53H61N3O7/c1-5-26-56(52(59)40-21-19-38(34-54)20-22-40)49-33-47(55-61-35-39-14-8-7-9-15-39)45-31-41(16-10-12-27-57)44(17-11-13-28-58)50-46-32-43(62-42-23-18-36(3)37(4)30-42)24-25-48(46)63-53(49,51(45)50)60-29-6-2/h6-9,14-15,18-25,30-32,41,44,49-51,57-58H,2,5,10-13,16-17,26-29,33,35H2,1,3-4H3/t41-,44+,49-,50+,51+,53+/m0/s1. The molecule has 6 atom stereocenters. The molecule has 1 heterocycles. The third-order valence-corrected chi connectivity index (χ3v) is 13.0. The number of fused-ring (bicyclic) bond motifs is 2. The number of aliphatic hydroxyl groups excluding tert-OH is 2. The van der Waals surface area contributed by atoms with Gasteiger partial charge in [0.05, 0.1) is 29.9 Å². The van der Waals surface area contributed by atoms with E-state index < -0.39 is 17.7 Å². The van der Waals surface area contributed by atoms with E-state index in [1.807, 2.05) is 66.4 Å². The van der Waals surface area contributed by atoms with E-state index in [2.05, 4.69) is 44.7 Å². The number of aliphatic hydroxyl groups is 2. The van der Waals surface area contributed by atoms with Gasteiger partial charge in [-0.15, -0.1) is 6.58 Å². The number of allylic oxidation sites excluding steroid dienone is 1. The van der Waals surface area contributed by atoms with Crippen LogP contribution in [0.3, 0.4) is 0 Å². The minimum atomic E-state index is -1.39. The van der Waals surface area contributed by atoms with Crippen molar-refractivity contribution in [1.82, 2.24) is 4.90 Å². The largest absolute Gasteiger partial charge is 0.459 e. The zero-order valence-electron chi connectivity index (χ0n) is 36.9. The van der Waals surface area contributed by atoms with Gasteiger partial charge in [0.15, 0.2) is 0 Å². The van der Waals surface area contributed by atoms with Crippen molar-refractivity contribution in [1.29, 1.82) is 5.26 Å². The van der Waals surface area contributed by atoms with Crippen molar-refractivity contribution in [3.05, 3.63) is 149 Å². The predicted molar refractivity (Wildman–Crippen MR) is 245 cm³/mol. The van der Waals surface area contributed by atoms with Crippen LogP contribution in [0.1, 0.15) is 102 Å². The van der Waals surface area contributed by atoms with Crippen LogP contribution in [0.5, 0.6) is 17.2 Å². The molecule has 2 N–H and O–H groups in total. The van der Waals surface area contributed by atoms with Gasteiger partial charge in [0, 0.05) is 43.2 Å². The average molecular weight is 852 g/mol. The number of unbranched alkanes of at least 4 members (excludes halogenated alkanes) is 2. The van der Waals surface area contributed by atoms with Crippen LogP contribution >= 0.6 is 0 Å². The molecule has 63 heavy (non-hydrogen) atoms. The average Bonchev–Trinajstić information content (AvgIpc) is 3.30. The number of amides is 1. The number of ether oxygens (including phenoxy) is 3. The molecule has 1 amide bonds. The highest BCUT2D eigenvalue weighted by atomic mass is 16.7. The van der Waals surface area contributed by atoms with Gasteiger partial charge in [-0.1, -0.05) is 73.5 Å². The van der Waals surface area contributed by atoms with Crippen molar-refractivity contribution >= 4 is 11.6 Å². The second kappa shape index (κ2) is 21.1. The van der Waals surface area contributed by atoms with Crippen LogP contribution in [0.2, 0.25) is 0 Å². The fourth-order valence-corrected chi connectivity index (χ4v) is 9.88. The molecular formula is C53H61N3O7. The summed E-state index contributed by atoms with van der Waals surface area (Å²) < 4.78 is 21.2. The van der Waals surface area contributed by atoms with Gasteiger partial charge < -0.3 is 34.2 Å². The number of hydrogen-bond donors (Lipinski definition) is 2. The summed E-state index contributed by atoms with van der Waals surface area (Å²) in [5, 5.41) is 34.5. The first kappa shape index (κ1) is 45.3. The lowest BCUT2D eigenvalue weighted by Gasteiger charge is -2.60. The molecule has 4 aromatic rings. The van der Waals surface area contributed by atoms with Crippen molar-refractivity contribution in [3.8, 4) is 23.3 Å². The number of rotatable bonds is 20. The Morgan fingerprint density at radius 3 is 2.38 bits per heavy atom. The summed E-state index contributed by atoms with van der Waals surface area (Å²) in [7, 11) is 0. The Morgan fingerprint density at radius 1 is 0.952 bits per heavy atom. The minimum absolute atomic E-state index is 0.0642. The first-order chi connectivity index (χ1) is 30.7. The monoisotopic (exact) mass is 851 g/mol. The number of oxime groups is 1. The molecule has 1 saturated carbocycles. The molecule has 0 radical (unpaired) electrons. The molecule has 330 valence electrons. The Morgan fingerprint density at radius 2 is 1.68 bits per heavy atom. The van der Waals surface area contributed by atoms with Gasteiger partial charge in [-0.25, -0.2) is 0 Å². The quantitative estimate of drug-likeness (QED) is 0.0510. The van der Waals surface area contributed by atoms with Crippen molar-refractivity contribution in [2.45, 2.75) is 96.5 Å². The molecule has 0 unspecified atom stereocenters. The molecule has 2 aliphatic carbocycles. The van der Waals surface area contributed by atoms with Crippen molar-refractivity contribution < 1.29 is 34.1 Å². The Kier molecular flexibility index (Phi) is 15.2. The van der Waals surface area contributed by atoms with Gasteiger partial charge in [0.1, 0.15) is 29.9 Å². The van der Waals surface area contributed by atoms with Gasteiger partial charge in [-0.05, 0) is 135 Å².